The number of hydrogen-bond donors (Lipinski definition) is 3. The zero-order valence-electron chi connectivity index (χ0n) is 25.4. The number of nitrogens with zero attached hydrogens (tertiary/aromatic N) is 2. The van der Waals surface area contributed by atoms with E-state index in [4.69, 9.17) is 0 Å². The first-order valence-electron chi connectivity index (χ1n) is 14.5. The molecular formula is C37H33N5O3S. The Morgan fingerprint density at radius 1 is 0.739 bits per heavy atom. The fourth-order valence-corrected chi connectivity index (χ4v) is 5.59. The van der Waals surface area contributed by atoms with Crippen molar-refractivity contribution in [1.29, 1.82) is 0 Å². The van der Waals surface area contributed by atoms with Crippen LogP contribution in [-0.4, -0.2) is 36.8 Å². The van der Waals surface area contributed by atoms with Crippen LogP contribution in [-0.2, 0) is 9.59 Å². The van der Waals surface area contributed by atoms with E-state index in [1.807, 2.05) is 91.8 Å². The molecule has 0 aliphatic rings. The van der Waals surface area contributed by atoms with Gasteiger partial charge in [-0.3, -0.25) is 19.4 Å². The van der Waals surface area contributed by atoms with E-state index in [-0.39, 0.29) is 11.6 Å². The van der Waals surface area contributed by atoms with Gasteiger partial charge in [-0.05, 0) is 71.8 Å². The van der Waals surface area contributed by atoms with Crippen molar-refractivity contribution in [2.45, 2.75) is 10.1 Å². The molecule has 1 atom stereocenters. The molecule has 230 valence electrons. The van der Waals surface area contributed by atoms with Gasteiger partial charge in [0.2, 0.25) is 5.91 Å². The van der Waals surface area contributed by atoms with Gasteiger partial charge in [0.05, 0.1) is 0 Å². The number of amides is 3. The van der Waals surface area contributed by atoms with Crippen LogP contribution in [0.5, 0.6) is 0 Å². The van der Waals surface area contributed by atoms with E-state index in [1.54, 1.807) is 67.0 Å². The molecule has 0 spiro atoms. The quantitative estimate of drug-likeness (QED) is 0.107. The number of hydrogen-bond acceptors (Lipinski definition) is 6. The minimum absolute atomic E-state index is 0.0865. The Bertz CT molecular complexity index is 1810. The van der Waals surface area contributed by atoms with Crippen molar-refractivity contribution in [3.05, 3.63) is 156 Å². The van der Waals surface area contributed by atoms with Crippen molar-refractivity contribution >= 4 is 52.6 Å². The van der Waals surface area contributed by atoms with Gasteiger partial charge < -0.3 is 20.9 Å². The highest BCUT2D eigenvalue weighted by Gasteiger charge is 2.23. The first-order valence-corrected chi connectivity index (χ1v) is 15.4. The van der Waals surface area contributed by atoms with Crippen molar-refractivity contribution in [2.75, 3.05) is 29.6 Å². The lowest BCUT2D eigenvalue weighted by Crippen LogP contribution is -2.30. The molecule has 0 aliphatic carbocycles. The number of benzene rings is 4. The summed E-state index contributed by atoms with van der Waals surface area (Å²) >= 11 is 1.37. The molecule has 1 heterocycles. The van der Waals surface area contributed by atoms with Crippen LogP contribution >= 0.6 is 11.8 Å². The number of rotatable bonds is 11. The lowest BCUT2D eigenvalue weighted by molar-refractivity contribution is -0.116. The number of carbonyl (C=O) groups is 3. The fourth-order valence-electron chi connectivity index (χ4n) is 4.50. The molecule has 9 heteroatoms. The highest BCUT2D eigenvalue weighted by atomic mass is 32.2. The predicted octanol–water partition coefficient (Wildman–Crippen LogP) is 7.03. The van der Waals surface area contributed by atoms with Gasteiger partial charge in [-0.15, -0.1) is 11.8 Å². The molecule has 1 unspecified atom stereocenters. The van der Waals surface area contributed by atoms with Crippen LogP contribution in [0.3, 0.4) is 0 Å². The monoisotopic (exact) mass is 627 g/mol. The molecule has 46 heavy (non-hydrogen) atoms. The van der Waals surface area contributed by atoms with E-state index in [0.29, 0.717) is 16.9 Å². The standard InChI is InChI=1S/C37H33N5O3S/c1-42(2)31-18-16-26(17-19-31)24-33(41-35(43)28-12-7-4-8-13-28)36(44)40-30-14-9-15-32(25-30)46-34(27-10-5-3-6-11-27)37(45)39-29-20-22-38-23-21-29/h3-25,34H,1-2H3,(H,40,44)(H,41,43)(H,38,39,45)/b33-24+. The first-order chi connectivity index (χ1) is 22.4. The van der Waals surface area contributed by atoms with Gasteiger partial charge in [0, 0.05) is 54.0 Å². The third-order valence-electron chi connectivity index (χ3n) is 6.88. The maximum absolute atomic E-state index is 13.6. The summed E-state index contributed by atoms with van der Waals surface area (Å²) in [4.78, 5) is 46.9. The average Bonchev–Trinajstić information content (AvgIpc) is 3.08. The molecule has 0 fully saturated rings. The smallest absolute Gasteiger partial charge is 0.272 e. The minimum atomic E-state index is -0.564. The van der Waals surface area contributed by atoms with Crippen molar-refractivity contribution in [3.8, 4) is 0 Å². The third kappa shape index (κ3) is 8.71. The average molecular weight is 628 g/mol. The van der Waals surface area contributed by atoms with Crippen LogP contribution in [0.25, 0.3) is 6.08 Å². The van der Waals surface area contributed by atoms with E-state index in [2.05, 4.69) is 20.9 Å². The number of thioether (sulfide) groups is 1. The van der Waals surface area contributed by atoms with Gasteiger partial charge in [-0.2, -0.15) is 0 Å². The van der Waals surface area contributed by atoms with Crippen molar-refractivity contribution in [3.63, 3.8) is 0 Å². The number of anilines is 3. The second-order valence-electron chi connectivity index (χ2n) is 10.5. The number of nitrogens with one attached hydrogen (secondary N) is 3. The summed E-state index contributed by atoms with van der Waals surface area (Å²) in [5.74, 6) is -1.08. The molecular weight excluding hydrogens is 595 g/mol. The van der Waals surface area contributed by atoms with E-state index in [1.165, 1.54) is 11.8 Å². The first kappa shape index (κ1) is 31.7. The van der Waals surface area contributed by atoms with Crippen LogP contribution < -0.4 is 20.9 Å². The van der Waals surface area contributed by atoms with Gasteiger partial charge in [-0.1, -0.05) is 66.7 Å². The van der Waals surface area contributed by atoms with Gasteiger partial charge in [0.25, 0.3) is 11.8 Å². The molecule has 5 rings (SSSR count). The Hall–Kier alpha value is -5.67. The van der Waals surface area contributed by atoms with Gasteiger partial charge >= 0.3 is 0 Å². The highest BCUT2D eigenvalue weighted by molar-refractivity contribution is 8.00. The van der Waals surface area contributed by atoms with Crippen molar-refractivity contribution in [1.82, 2.24) is 10.3 Å². The molecule has 5 aromatic rings. The van der Waals surface area contributed by atoms with Crippen molar-refractivity contribution in [2.24, 2.45) is 0 Å². The van der Waals surface area contributed by atoms with Gasteiger partial charge in [0.15, 0.2) is 0 Å². The fraction of sp³-hybridized carbons (Fsp3) is 0.0811. The third-order valence-corrected chi connectivity index (χ3v) is 8.13. The van der Waals surface area contributed by atoms with Crippen LogP contribution in [0, 0.1) is 0 Å². The molecule has 4 aromatic carbocycles. The molecule has 0 radical (unpaired) electrons. The Kier molecular flexibility index (Phi) is 10.6. The second kappa shape index (κ2) is 15.4. The summed E-state index contributed by atoms with van der Waals surface area (Å²) in [6.45, 7) is 0. The summed E-state index contributed by atoms with van der Waals surface area (Å²) in [5.41, 5.74) is 4.27. The van der Waals surface area contributed by atoms with E-state index < -0.39 is 17.1 Å². The maximum atomic E-state index is 13.6. The molecule has 3 amide bonds. The topological polar surface area (TPSA) is 103 Å². The molecule has 0 bridgehead atoms. The van der Waals surface area contributed by atoms with Crippen LogP contribution in [0.4, 0.5) is 17.1 Å². The number of aromatic nitrogens is 1. The zero-order valence-corrected chi connectivity index (χ0v) is 26.2. The number of pyridine rings is 1. The van der Waals surface area contributed by atoms with Crippen LogP contribution in [0.2, 0.25) is 0 Å². The summed E-state index contributed by atoms with van der Waals surface area (Å²) in [6.07, 6.45) is 4.88. The summed E-state index contributed by atoms with van der Waals surface area (Å²) < 4.78 is 0. The molecule has 0 saturated carbocycles. The molecule has 8 nitrogen and oxygen atoms in total. The Balaban J connectivity index is 1.38. The van der Waals surface area contributed by atoms with Crippen LogP contribution in [0.15, 0.2) is 144 Å². The zero-order chi connectivity index (χ0) is 32.3. The number of carbonyl (C=O) groups excluding carboxylic acids is 3. The summed E-state index contributed by atoms with van der Waals surface area (Å²) in [7, 11) is 3.90. The summed E-state index contributed by atoms with van der Waals surface area (Å²) in [5, 5.41) is 8.11. The van der Waals surface area contributed by atoms with Gasteiger partial charge in [0.1, 0.15) is 10.9 Å². The maximum Gasteiger partial charge on any atom is 0.272 e. The molecule has 1 aromatic heterocycles. The largest absolute Gasteiger partial charge is 0.378 e. The Labute approximate surface area is 272 Å². The second-order valence-corrected chi connectivity index (χ2v) is 11.7. The SMILES string of the molecule is CN(C)c1ccc(/C=C(/NC(=O)c2ccccc2)C(=O)Nc2cccc(SC(C(=O)Nc3ccncc3)c3ccccc3)c2)cc1. The molecule has 3 N–H and O–H groups in total. The molecule has 0 saturated heterocycles. The van der Waals surface area contributed by atoms with Crippen LogP contribution in [0.1, 0.15) is 26.7 Å². The van der Waals surface area contributed by atoms with Gasteiger partial charge in [-0.25, -0.2) is 0 Å². The van der Waals surface area contributed by atoms with E-state index >= 15 is 0 Å². The highest BCUT2D eigenvalue weighted by Crippen LogP contribution is 2.37. The van der Waals surface area contributed by atoms with E-state index in [9.17, 15) is 14.4 Å². The lowest BCUT2D eigenvalue weighted by atomic mass is 10.1. The molecule has 0 aliphatic heterocycles. The lowest BCUT2D eigenvalue weighted by Gasteiger charge is -2.18. The Morgan fingerprint density at radius 3 is 2.09 bits per heavy atom. The van der Waals surface area contributed by atoms with E-state index in [0.717, 1.165) is 21.7 Å². The normalized spacial score (nSPS) is 11.7. The minimum Gasteiger partial charge on any atom is -0.378 e. The van der Waals surface area contributed by atoms with Crippen molar-refractivity contribution < 1.29 is 14.4 Å². The Morgan fingerprint density at radius 2 is 1.41 bits per heavy atom. The summed E-state index contributed by atoms with van der Waals surface area (Å²) in [6, 6.07) is 36.6. The predicted molar refractivity (Wildman–Crippen MR) is 186 cm³/mol.